The van der Waals surface area contributed by atoms with E-state index in [2.05, 4.69) is 41.1 Å². The molecule has 11 heteroatoms. The zero-order chi connectivity index (χ0) is 25.2. The number of anilines is 1. The predicted octanol–water partition coefficient (Wildman–Crippen LogP) is 3.65. The first kappa shape index (κ1) is 24.0. The summed E-state index contributed by atoms with van der Waals surface area (Å²) in [6.07, 6.45) is 3.91. The number of aromatic amines is 1. The lowest BCUT2D eigenvalue weighted by Gasteiger charge is -2.14. The maximum atomic E-state index is 13.3. The molecule has 4 N–H and O–H groups in total. The Bertz CT molecular complexity index is 1440. The Morgan fingerprint density at radius 1 is 1.19 bits per heavy atom. The van der Waals surface area contributed by atoms with E-state index in [1.165, 1.54) is 19.2 Å². The van der Waals surface area contributed by atoms with Crippen LogP contribution in [0.4, 0.5) is 5.95 Å². The lowest BCUT2D eigenvalue weighted by Crippen LogP contribution is -2.25. The van der Waals surface area contributed by atoms with E-state index in [-0.39, 0.29) is 17.3 Å². The molecular formula is C25H26BrN7O3. The molecule has 0 unspecified atom stereocenters. The Morgan fingerprint density at radius 3 is 2.78 bits per heavy atom. The van der Waals surface area contributed by atoms with Crippen LogP contribution < -0.4 is 15.8 Å². The molecule has 0 aliphatic carbocycles. The van der Waals surface area contributed by atoms with Crippen molar-refractivity contribution in [2.45, 2.75) is 19.8 Å². The van der Waals surface area contributed by atoms with Crippen molar-refractivity contribution in [3.8, 4) is 11.4 Å². The Morgan fingerprint density at radius 2 is 2.00 bits per heavy atom. The number of nitrogens with two attached hydrogens (primary N) is 1. The van der Waals surface area contributed by atoms with Crippen molar-refractivity contribution < 1.29 is 14.3 Å². The molecule has 2 aromatic carbocycles. The standard InChI is InChI=1S/C25H26BrN7O3/c1-15-4-5-16(26)12-20(15)33-14-28-21(23(27)34)22(33)24(35)31-25-29-18-7-6-17(13-19(18)30-25)36-11-10-32-8-2-3-9-32/h4-7,12-14H,2-3,8-11H2,1H3,(H2,27,34)(H2,29,30,31,35). The van der Waals surface area contributed by atoms with Crippen LogP contribution in [0.15, 0.2) is 47.2 Å². The summed E-state index contributed by atoms with van der Waals surface area (Å²) in [6.45, 7) is 5.66. The fourth-order valence-electron chi connectivity index (χ4n) is 4.37. The van der Waals surface area contributed by atoms with Gasteiger partial charge in [0.05, 0.1) is 16.7 Å². The molecule has 1 aliphatic heterocycles. The Hall–Kier alpha value is -3.70. The SMILES string of the molecule is Cc1ccc(Br)cc1-n1cnc(C(N)=O)c1C(=O)Nc1nc2ccc(OCCN3CCCC3)cc2[nH]1. The lowest BCUT2D eigenvalue weighted by molar-refractivity contribution is 0.0970. The number of ether oxygens (including phenoxy) is 1. The van der Waals surface area contributed by atoms with Gasteiger partial charge in [0.15, 0.2) is 5.69 Å². The highest BCUT2D eigenvalue weighted by Gasteiger charge is 2.25. The largest absolute Gasteiger partial charge is 0.492 e. The number of aromatic nitrogens is 4. The molecular weight excluding hydrogens is 526 g/mol. The van der Waals surface area contributed by atoms with Crippen LogP contribution in [0, 0.1) is 6.92 Å². The van der Waals surface area contributed by atoms with Crippen LogP contribution in [0.2, 0.25) is 0 Å². The highest BCUT2D eigenvalue weighted by Crippen LogP contribution is 2.25. The van der Waals surface area contributed by atoms with Gasteiger partial charge in [0, 0.05) is 17.1 Å². The zero-order valence-corrected chi connectivity index (χ0v) is 21.3. The second-order valence-electron chi connectivity index (χ2n) is 8.72. The number of rotatable bonds is 8. The minimum Gasteiger partial charge on any atom is -0.492 e. The minimum atomic E-state index is -0.799. The molecule has 36 heavy (non-hydrogen) atoms. The van der Waals surface area contributed by atoms with Gasteiger partial charge in [-0.25, -0.2) is 9.97 Å². The molecule has 2 amide bonds. The molecule has 0 atom stereocenters. The van der Waals surface area contributed by atoms with Crippen molar-refractivity contribution >= 4 is 44.7 Å². The number of H-pyrrole nitrogens is 1. The maximum absolute atomic E-state index is 13.3. The average molecular weight is 552 g/mol. The zero-order valence-electron chi connectivity index (χ0n) is 19.8. The number of hydrogen-bond donors (Lipinski definition) is 3. The van der Waals surface area contributed by atoms with Crippen LogP contribution in [0.25, 0.3) is 16.7 Å². The minimum absolute atomic E-state index is 0.0232. The fraction of sp³-hybridized carbons (Fsp3) is 0.280. The molecule has 3 heterocycles. The second kappa shape index (κ2) is 10.1. The van der Waals surface area contributed by atoms with E-state index in [9.17, 15) is 9.59 Å². The number of carbonyl (C=O) groups is 2. The number of primary amides is 1. The van der Waals surface area contributed by atoms with Crippen LogP contribution in [-0.2, 0) is 0 Å². The number of fused-ring (bicyclic) bond motifs is 1. The first-order valence-electron chi connectivity index (χ1n) is 11.7. The summed E-state index contributed by atoms with van der Waals surface area (Å²) in [7, 11) is 0. The van der Waals surface area contributed by atoms with Gasteiger partial charge < -0.3 is 15.5 Å². The van der Waals surface area contributed by atoms with Gasteiger partial charge in [-0.3, -0.25) is 24.4 Å². The van der Waals surface area contributed by atoms with Crippen LogP contribution in [0.3, 0.4) is 0 Å². The third kappa shape index (κ3) is 4.98. The summed E-state index contributed by atoms with van der Waals surface area (Å²) in [5.74, 6) is -0.408. The molecule has 0 bridgehead atoms. The quantitative estimate of drug-likeness (QED) is 0.306. The number of hydrogen-bond acceptors (Lipinski definition) is 6. The highest BCUT2D eigenvalue weighted by molar-refractivity contribution is 9.10. The Labute approximate surface area is 216 Å². The van der Waals surface area contributed by atoms with Gasteiger partial charge in [-0.15, -0.1) is 0 Å². The van der Waals surface area contributed by atoms with Gasteiger partial charge in [-0.1, -0.05) is 22.0 Å². The topological polar surface area (TPSA) is 131 Å². The molecule has 1 aliphatic rings. The van der Waals surface area contributed by atoms with Gasteiger partial charge >= 0.3 is 0 Å². The molecule has 10 nitrogen and oxygen atoms in total. The summed E-state index contributed by atoms with van der Waals surface area (Å²) >= 11 is 3.45. The summed E-state index contributed by atoms with van der Waals surface area (Å²) in [6, 6.07) is 11.2. The summed E-state index contributed by atoms with van der Waals surface area (Å²) in [4.78, 5) is 39.4. The monoisotopic (exact) mass is 551 g/mol. The maximum Gasteiger partial charge on any atom is 0.277 e. The van der Waals surface area contributed by atoms with Crippen LogP contribution in [0.5, 0.6) is 5.75 Å². The Balaban J connectivity index is 1.37. The van der Waals surface area contributed by atoms with E-state index in [0.29, 0.717) is 17.8 Å². The summed E-state index contributed by atoms with van der Waals surface area (Å²) < 4.78 is 8.27. The number of benzene rings is 2. The second-order valence-corrected chi connectivity index (χ2v) is 9.64. The number of halogens is 1. The number of nitrogens with zero attached hydrogens (tertiary/aromatic N) is 4. The van der Waals surface area contributed by atoms with E-state index < -0.39 is 11.8 Å². The van der Waals surface area contributed by atoms with E-state index in [1.54, 1.807) is 4.57 Å². The van der Waals surface area contributed by atoms with Crippen molar-refractivity contribution in [2.75, 3.05) is 31.6 Å². The van der Waals surface area contributed by atoms with Crippen molar-refractivity contribution in [1.82, 2.24) is 24.4 Å². The summed E-state index contributed by atoms with van der Waals surface area (Å²) in [5, 5.41) is 2.74. The molecule has 4 aromatic rings. The number of imidazole rings is 2. The third-order valence-corrected chi connectivity index (χ3v) is 6.70. The molecule has 186 valence electrons. The number of likely N-dealkylation sites (tertiary alicyclic amines) is 1. The highest BCUT2D eigenvalue weighted by atomic mass is 79.9. The molecule has 0 saturated carbocycles. The molecule has 5 rings (SSSR count). The van der Waals surface area contributed by atoms with Gasteiger partial charge in [-0.05, 0) is 62.7 Å². The first-order valence-corrected chi connectivity index (χ1v) is 12.5. The number of aryl methyl sites for hydroxylation is 1. The first-order chi connectivity index (χ1) is 17.4. The number of carbonyl (C=O) groups excluding carboxylic acids is 2. The molecule has 1 saturated heterocycles. The van der Waals surface area contributed by atoms with E-state index >= 15 is 0 Å². The van der Waals surface area contributed by atoms with Crippen molar-refractivity contribution in [3.63, 3.8) is 0 Å². The molecule has 0 spiro atoms. The van der Waals surface area contributed by atoms with Crippen LogP contribution in [-0.4, -0.2) is 62.5 Å². The third-order valence-electron chi connectivity index (χ3n) is 6.21. The van der Waals surface area contributed by atoms with E-state index in [0.717, 1.165) is 40.9 Å². The normalized spacial score (nSPS) is 13.8. The lowest BCUT2D eigenvalue weighted by atomic mass is 10.2. The predicted molar refractivity (Wildman–Crippen MR) is 140 cm³/mol. The van der Waals surface area contributed by atoms with Gasteiger partial charge in [0.25, 0.3) is 11.8 Å². The van der Waals surface area contributed by atoms with E-state index in [1.807, 2.05) is 43.3 Å². The van der Waals surface area contributed by atoms with Gasteiger partial charge in [0.1, 0.15) is 24.4 Å². The average Bonchev–Trinajstić information content (AvgIpc) is 3.59. The molecule has 1 fully saturated rings. The van der Waals surface area contributed by atoms with Crippen molar-refractivity contribution in [1.29, 1.82) is 0 Å². The van der Waals surface area contributed by atoms with Crippen LogP contribution in [0.1, 0.15) is 39.4 Å². The van der Waals surface area contributed by atoms with Crippen molar-refractivity contribution in [3.05, 3.63) is 64.1 Å². The molecule has 0 radical (unpaired) electrons. The van der Waals surface area contributed by atoms with Gasteiger partial charge in [0.2, 0.25) is 5.95 Å². The number of amides is 2. The number of nitrogens with one attached hydrogen (secondary N) is 2. The molecule has 2 aromatic heterocycles. The Kier molecular flexibility index (Phi) is 6.75. The smallest absolute Gasteiger partial charge is 0.277 e. The fourth-order valence-corrected chi connectivity index (χ4v) is 4.72. The van der Waals surface area contributed by atoms with E-state index in [4.69, 9.17) is 10.5 Å². The van der Waals surface area contributed by atoms with Gasteiger partial charge in [-0.2, -0.15) is 0 Å². The van der Waals surface area contributed by atoms with Crippen LogP contribution >= 0.6 is 15.9 Å². The van der Waals surface area contributed by atoms with Crippen molar-refractivity contribution in [2.24, 2.45) is 5.73 Å². The summed E-state index contributed by atoms with van der Waals surface area (Å²) in [5.41, 5.74) is 8.38.